The molecule has 0 bridgehead atoms. The zero-order valence-corrected chi connectivity index (χ0v) is 16.6. The standard InChI is InChI=1S/C22H15Cl2N3O2/c23-15-8-6-13(7-9-15)19-18-20(26-25-19)22(28)27(12-17-5-2-10-29-17)21(18)14-3-1-4-16(24)11-14/h1-11,21H,12H2,(H,25,26). The molecule has 1 aliphatic rings. The third kappa shape index (κ3) is 3.12. The first-order chi connectivity index (χ1) is 14.1. The largest absolute Gasteiger partial charge is 0.467 e. The van der Waals surface area contributed by atoms with Crippen LogP contribution in [0.5, 0.6) is 0 Å². The molecule has 29 heavy (non-hydrogen) atoms. The van der Waals surface area contributed by atoms with E-state index >= 15 is 0 Å². The normalized spacial score (nSPS) is 15.7. The molecule has 2 aromatic heterocycles. The van der Waals surface area contributed by atoms with Gasteiger partial charge in [0.15, 0.2) is 0 Å². The van der Waals surface area contributed by atoms with Gasteiger partial charge in [0.1, 0.15) is 11.5 Å². The van der Waals surface area contributed by atoms with Crippen LogP contribution in [0.25, 0.3) is 11.3 Å². The van der Waals surface area contributed by atoms with Crippen molar-refractivity contribution >= 4 is 29.1 Å². The Kier molecular flexibility index (Phi) is 4.42. The van der Waals surface area contributed by atoms with E-state index in [1.54, 1.807) is 11.2 Å². The SMILES string of the molecule is O=C1c2[nH]nc(-c3ccc(Cl)cc3)c2C(c2cccc(Cl)c2)N1Cc1ccco1. The molecule has 0 fully saturated rings. The van der Waals surface area contributed by atoms with Gasteiger partial charge in [-0.05, 0) is 42.0 Å². The highest BCUT2D eigenvalue weighted by Crippen LogP contribution is 2.44. The highest BCUT2D eigenvalue weighted by molar-refractivity contribution is 6.31. The van der Waals surface area contributed by atoms with Gasteiger partial charge in [0.25, 0.3) is 5.91 Å². The third-order valence-electron chi connectivity index (χ3n) is 5.05. The van der Waals surface area contributed by atoms with E-state index in [2.05, 4.69) is 10.2 Å². The lowest BCUT2D eigenvalue weighted by molar-refractivity contribution is 0.0717. The maximum Gasteiger partial charge on any atom is 0.273 e. The number of furan rings is 1. The number of rotatable bonds is 4. The van der Waals surface area contributed by atoms with Crippen LogP contribution in [-0.2, 0) is 6.54 Å². The summed E-state index contributed by atoms with van der Waals surface area (Å²) in [6.07, 6.45) is 1.60. The summed E-state index contributed by atoms with van der Waals surface area (Å²) in [5.74, 6) is 0.575. The van der Waals surface area contributed by atoms with E-state index < -0.39 is 0 Å². The minimum absolute atomic E-state index is 0.130. The second kappa shape index (κ2) is 7.10. The monoisotopic (exact) mass is 423 g/mol. The van der Waals surface area contributed by atoms with Gasteiger partial charge in [-0.25, -0.2) is 0 Å². The third-order valence-corrected chi connectivity index (χ3v) is 5.54. The Hall–Kier alpha value is -3.02. The molecule has 1 atom stereocenters. The minimum Gasteiger partial charge on any atom is -0.467 e. The van der Waals surface area contributed by atoms with Gasteiger partial charge in [0.2, 0.25) is 0 Å². The molecular weight excluding hydrogens is 409 g/mol. The van der Waals surface area contributed by atoms with Gasteiger partial charge < -0.3 is 9.32 Å². The van der Waals surface area contributed by atoms with E-state index in [4.69, 9.17) is 27.6 Å². The zero-order valence-electron chi connectivity index (χ0n) is 15.1. The van der Waals surface area contributed by atoms with Gasteiger partial charge in [0, 0.05) is 21.2 Å². The molecule has 1 aliphatic heterocycles. The molecule has 7 heteroatoms. The maximum atomic E-state index is 13.2. The molecule has 1 N–H and O–H groups in total. The number of nitrogens with zero attached hydrogens (tertiary/aromatic N) is 2. The molecular formula is C22H15Cl2N3O2. The minimum atomic E-state index is -0.342. The van der Waals surface area contributed by atoms with Gasteiger partial charge in [-0.3, -0.25) is 9.89 Å². The lowest BCUT2D eigenvalue weighted by atomic mass is 9.96. The van der Waals surface area contributed by atoms with Crippen LogP contribution in [0, 0.1) is 0 Å². The van der Waals surface area contributed by atoms with E-state index in [0.717, 1.165) is 22.4 Å². The van der Waals surface area contributed by atoms with Gasteiger partial charge >= 0.3 is 0 Å². The summed E-state index contributed by atoms with van der Waals surface area (Å²) in [6.45, 7) is 0.339. The predicted octanol–water partition coefficient (Wildman–Crippen LogP) is 5.72. The molecule has 0 saturated carbocycles. The quantitative estimate of drug-likeness (QED) is 0.456. The Bertz CT molecular complexity index is 1180. The van der Waals surface area contributed by atoms with Crippen molar-refractivity contribution < 1.29 is 9.21 Å². The second-order valence-corrected chi connectivity index (χ2v) is 7.71. The van der Waals surface area contributed by atoms with Gasteiger partial charge in [0.05, 0.1) is 24.5 Å². The molecule has 5 nitrogen and oxygen atoms in total. The van der Waals surface area contributed by atoms with Crippen molar-refractivity contribution in [3.8, 4) is 11.3 Å². The van der Waals surface area contributed by atoms with Crippen LogP contribution in [0.4, 0.5) is 0 Å². The second-order valence-electron chi connectivity index (χ2n) is 6.84. The maximum absolute atomic E-state index is 13.2. The van der Waals surface area contributed by atoms with Crippen LogP contribution < -0.4 is 0 Å². The Morgan fingerprint density at radius 2 is 1.86 bits per heavy atom. The number of amides is 1. The molecule has 4 aromatic rings. The fraction of sp³-hybridized carbons (Fsp3) is 0.0909. The summed E-state index contributed by atoms with van der Waals surface area (Å²) >= 11 is 12.3. The molecule has 1 amide bonds. The first-order valence-corrected chi connectivity index (χ1v) is 9.80. The summed E-state index contributed by atoms with van der Waals surface area (Å²) in [6, 6.07) is 18.3. The summed E-state index contributed by atoms with van der Waals surface area (Å²) in [5.41, 5.74) is 3.81. The zero-order chi connectivity index (χ0) is 20.0. The highest BCUT2D eigenvalue weighted by atomic mass is 35.5. The highest BCUT2D eigenvalue weighted by Gasteiger charge is 2.42. The summed E-state index contributed by atoms with van der Waals surface area (Å²) < 4.78 is 5.49. The number of H-pyrrole nitrogens is 1. The Morgan fingerprint density at radius 1 is 1.03 bits per heavy atom. The number of carbonyl (C=O) groups excluding carboxylic acids is 1. The molecule has 5 rings (SSSR count). The number of hydrogen-bond acceptors (Lipinski definition) is 3. The number of hydrogen-bond donors (Lipinski definition) is 1. The summed E-state index contributed by atoms with van der Waals surface area (Å²) in [5, 5.41) is 8.63. The molecule has 0 radical (unpaired) electrons. The van der Waals surface area contributed by atoms with Crippen molar-refractivity contribution in [2.75, 3.05) is 0 Å². The summed E-state index contributed by atoms with van der Waals surface area (Å²) in [7, 11) is 0. The van der Waals surface area contributed by atoms with Crippen LogP contribution >= 0.6 is 23.2 Å². The number of aromatic nitrogens is 2. The van der Waals surface area contributed by atoms with E-state index in [9.17, 15) is 4.79 Å². The van der Waals surface area contributed by atoms with E-state index in [-0.39, 0.29) is 11.9 Å². The van der Waals surface area contributed by atoms with E-state index in [1.165, 1.54) is 0 Å². The fourth-order valence-corrected chi connectivity index (χ4v) is 4.11. The topological polar surface area (TPSA) is 62.1 Å². The fourth-order valence-electron chi connectivity index (χ4n) is 3.78. The lowest BCUT2D eigenvalue weighted by Crippen LogP contribution is -2.28. The smallest absolute Gasteiger partial charge is 0.273 e. The van der Waals surface area contributed by atoms with Crippen LogP contribution in [0.3, 0.4) is 0 Å². The first kappa shape index (κ1) is 18.0. The Labute approximate surface area is 176 Å². The molecule has 144 valence electrons. The first-order valence-electron chi connectivity index (χ1n) is 9.05. The molecule has 1 unspecified atom stereocenters. The van der Waals surface area contributed by atoms with Crippen LogP contribution in [0.2, 0.25) is 10.0 Å². The van der Waals surface area contributed by atoms with Crippen molar-refractivity contribution in [3.63, 3.8) is 0 Å². The van der Waals surface area contributed by atoms with E-state index in [1.807, 2.05) is 60.7 Å². The van der Waals surface area contributed by atoms with Crippen molar-refractivity contribution in [1.82, 2.24) is 15.1 Å². The average molecular weight is 424 g/mol. The van der Waals surface area contributed by atoms with Crippen molar-refractivity contribution in [1.29, 1.82) is 0 Å². The number of fused-ring (bicyclic) bond motifs is 1. The summed E-state index contributed by atoms with van der Waals surface area (Å²) in [4.78, 5) is 15.0. The van der Waals surface area contributed by atoms with Crippen LogP contribution in [0.1, 0.15) is 33.4 Å². The average Bonchev–Trinajstić information content (AvgIpc) is 3.43. The number of carbonyl (C=O) groups is 1. The van der Waals surface area contributed by atoms with Gasteiger partial charge in [-0.15, -0.1) is 0 Å². The number of halogens is 2. The van der Waals surface area contributed by atoms with Crippen molar-refractivity contribution in [2.45, 2.75) is 12.6 Å². The number of aromatic amines is 1. The molecule has 0 aliphatic carbocycles. The molecule has 0 spiro atoms. The van der Waals surface area contributed by atoms with Crippen LogP contribution in [-0.4, -0.2) is 21.0 Å². The van der Waals surface area contributed by atoms with Gasteiger partial charge in [-0.1, -0.05) is 47.5 Å². The Balaban J connectivity index is 1.67. The predicted molar refractivity (Wildman–Crippen MR) is 111 cm³/mol. The van der Waals surface area contributed by atoms with Crippen molar-refractivity contribution in [2.24, 2.45) is 0 Å². The van der Waals surface area contributed by atoms with Crippen molar-refractivity contribution in [3.05, 3.63) is 99.6 Å². The molecule has 3 heterocycles. The number of nitrogens with one attached hydrogen (secondary N) is 1. The van der Waals surface area contributed by atoms with Crippen LogP contribution in [0.15, 0.2) is 71.3 Å². The van der Waals surface area contributed by atoms with Gasteiger partial charge in [-0.2, -0.15) is 5.10 Å². The number of benzene rings is 2. The lowest BCUT2D eigenvalue weighted by Gasteiger charge is -2.25. The molecule has 2 aromatic carbocycles. The van der Waals surface area contributed by atoms with E-state index in [0.29, 0.717) is 28.0 Å². The molecule has 0 saturated heterocycles. The Morgan fingerprint density at radius 3 is 2.59 bits per heavy atom.